The van der Waals surface area contributed by atoms with Gasteiger partial charge in [0.05, 0.1) is 6.54 Å². The summed E-state index contributed by atoms with van der Waals surface area (Å²) in [7, 11) is 0. The second-order valence-corrected chi connectivity index (χ2v) is 6.85. The number of hydrogen-bond acceptors (Lipinski definition) is 6. The van der Waals surface area contributed by atoms with Crippen LogP contribution >= 0.6 is 0 Å². The summed E-state index contributed by atoms with van der Waals surface area (Å²) in [6, 6.07) is 6.68. The van der Waals surface area contributed by atoms with Crippen LogP contribution in [0.3, 0.4) is 0 Å². The molecule has 0 amide bonds. The Morgan fingerprint density at radius 3 is 2.83 bits per heavy atom. The average Bonchev–Trinajstić information content (AvgIpc) is 3.19. The molecule has 1 saturated carbocycles. The van der Waals surface area contributed by atoms with E-state index in [1.165, 1.54) is 24.8 Å². The topological polar surface area (TPSA) is 60.6 Å². The predicted octanol–water partition coefficient (Wildman–Crippen LogP) is 3.06. The summed E-state index contributed by atoms with van der Waals surface area (Å²) in [6.45, 7) is 3.03. The molecule has 5 rings (SSSR count). The van der Waals surface area contributed by atoms with Crippen molar-refractivity contribution >= 4 is 0 Å². The highest BCUT2D eigenvalue weighted by molar-refractivity contribution is 5.44. The van der Waals surface area contributed by atoms with Crippen LogP contribution in [0.5, 0.6) is 11.5 Å². The highest BCUT2D eigenvalue weighted by Gasteiger charge is 2.31. The van der Waals surface area contributed by atoms with Crippen molar-refractivity contribution in [2.24, 2.45) is 0 Å². The zero-order valence-corrected chi connectivity index (χ0v) is 13.6. The maximum atomic E-state index is 5.73. The van der Waals surface area contributed by atoms with Crippen molar-refractivity contribution in [3.8, 4) is 11.5 Å². The molecule has 0 spiro atoms. The molecule has 0 unspecified atom stereocenters. The molecular formula is C18H21N3O3. The van der Waals surface area contributed by atoms with E-state index in [1.807, 2.05) is 6.07 Å². The summed E-state index contributed by atoms with van der Waals surface area (Å²) < 4.78 is 16.8. The number of fused-ring (bicyclic) bond motifs is 1. The lowest BCUT2D eigenvalue weighted by atomic mass is 10.0. The molecule has 6 nitrogen and oxygen atoms in total. The number of rotatable bonds is 4. The van der Waals surface area contributed by atoms with E-state index < -0.39 is 0 Å². The van der Waals surface area contributed by atoms with Gasteiger partial charge >= 0.3 is 0 Å². The van der Waals surface area contributed by atoms with Crippen molar-refractivity contribution in [1.29, 1.82) is 0 Å². The smallest absolute Gasteiger partial charge is 0.240 e. The minimum atomic E-state index is 0.372. The van der Waals surface area contributed by atoms with E-state index in [1.54, 1.807) is 0 Å². The van der Waals surface area contributed by atoms with Gasteiger partial charge in [-0.2, -0.15) is 4.98 Å². The van der Waals surface area contributed by atoms with E-state index in [-0.39, 0.29) is 0 Å². The Bertz CT molecular complexity index is 741. The summed E-state index contributed by atoms with van der Waals surface area (Å²) in [5, 5.41) is 4.13. The maximum absolute atomic E-state index is 5.73. The first-order chi connectivity index (χ1) is 11.9. The van der Waals surface area contributed by atoms with Crippen LogP contribution in [0.15, 0.2) is 22.7 Å². The normalized spacial score (nSPS) is 23.6. The second-order valence-electron chi connectivity index (χ2n) is 6.85. The summed E-state index contributed by atoms with van der Waals surface area (Å²) >= 11 is 0. The standard InChI is InChI=1S/C18H21N3O3/c1-2-14(13-5-6-15-16(10-13)23-9-8-22-15)21(7-1)11-17-19-18(20-24-17)12-3-4-12/h5-6,10,12,14H,1-4,7-9,11H2/t14-/m1/s1. The molecule has 2 aliphatic heterocycles. The number of ether oxygens (including phenoxy) is 2. The first-order valence-electron chi connectivity index (χ1n) is 8.83. The maximum Gasteiger partial charge on any atom is 0.240 e. The van der Waals surface area contributed by atoms with E-state index >= 15 is 0 Å². The Morgan fingerprint density at radius 1 is 1.08 bits per heavy atom. The molecule has 6 heteroatoms. The van der Waals surface area contributed by atoms with Crippen LogP contribution in [0.25, 0.3) is 0 Å². The van der Waals surface area contributed by atoms with Gasteiger partial charge in [0, 0.05) is 12.0 Å². The lowest BCUT2D eigenvalue weighted by Gasteiger charge is -2.25. The van der Waals surface area contributed by atoms with Crippen molar-refractivity contribution in [3.05, 3.63) is 35.5 Å². The minimum absolute atomic E-state index is 0.372. The Balaban J connectivity index is 1.34. The third-order valence-corrected chi connectivity index (χ3v) is 5.08. The molecule has 2 aromatic rings. The molecule has 24 heavy (non-hydrogen) atoms. The van der Waals surface area contributed by atoms with Crippen molar-refractivity contribution in [3.63, 3.8) is 0 Å². The molecule has 0 radical (unpaired) electrons. The van der Waals surface area contributed by atoms with Gasteiger partial charge in [-0.25, -0.2) is 0 Å². The summed E-state index contributed by atoms with van der Waals surface area (Å²) in [5.74, 6) is 3.87. The van der Waals surface area contributed by atoms with Crippen LogP contribution in [0, 0.1) is 0 Å². The van der Waals surface area contributed by atoms with Gasteiger partial charge in [0.15, 0.2) is 17.3 Å². The lowest BCUT2D eigenvalue weighted by Crippen LogP contribution is -2.23. The van der Waals surface area contributed by atoms with Crippen LogP contribution < -0.4 is 9.47 Å². The first kappa shape index (κ1) is 14.3. The molecule has 1 saturated heterocycles. The average molecular weight is 327 g/mol. The minimum Gasteiger partial charge on any atom is -0.486 e. The van der Waals surface area contributed by atoms with E-state index in [4.69, 9.17) is 14.0 Å². The van der Waals surface area contributed by atoms with Gasteiger partial charge in [-0.15, -0.1) is 0 Å². The van der Waals surface area contributed by atoms with Crippen molar-refractivity contribution in [2.45, 2.75) is 44.2 Å². The summed E-state index contributed by atoms with van der Waals surface area (Å²) in [4.78, 5) is 7.00. The fraction of sp³-hybridized carbons (Fsp3) is 0.556. The third-order valence-electron chi connectivity index (χ3n) is 5.08. The molecule has 3 aliphatic rings. The zero-order chi connectivity index (χ0) is 15.9. The number of nitrogens with zero attached hydrogens (tertiary/aromatic N) is 3. The Labute approximate surface area is 140 Å². The van der Waals surface area contributed by atoms with Crippen LogP contribution in [0.1, 0.15) is 54.9 Å². The van der Waals surface area contributed by atoms with Crippen molar-refractivity contribution in [1.82, 2.24) is 15.0 Å². The van der Waals surface area contributed by atoms with Gasteiger partial charge in [0.2, 0.25) is 5.89 Å². The monoisotopic (exact) mass is 327 g/mol. The number of aromatic nitrogens is 2. The molecule has 3 heterocycles. The van der Waals surface area contributed by atoms with Crippen LogP contribution in [0.2, 0.25) is 0 Å². The summed E-state index contributed by atoms with van der Waals surface area (Å²) in [6.07, 6.45) is 4.72. The van der Waals surface area contributed by atoms with E-state index in [9.17, 15) is 0 Å². The van der Waals surface area contributed by atoms with E-state index in [2.05, 4.69) is 27.2 Å². The van der Waals surface area contributed by atoms with Crippen LogP contribution in [-0.2, 0) is 6.54 Å². The Kier molecular flexibility index (Phi) is 3.43. The zero-order valence-electron chi connectivity index (χ0n) is 13.6. The number of benzene rings is 1. The SMILES string of the molecule is c1cc2c(cc1[C@H]1CCCN1Cc1nc(C3CC3)no1)OCCO2. The van der Waals surface area contributed by atoms with Crippen molar-refractivity contribution in [2.75, 3.05) is 19.8 Å². The first-order valence-corrected chi connectivity index (χ1v) is 8.83. The largest absolute Gasteiger partial charge is 0.486 e. The van der Waals surface area contributed by atoms with Gasteiger partial charge in [-0.1, -0.05) is 11.2 Å². The van der Waals surface area contributed by atoms with Gasteiger partial charge in [0.1, 0.15) is 13.2 Å². The molecule has 1 aromatic carbocycles. The van der Waals surface area contributed by atoms with E-state index in [0.29, 0.717) is 25.2 Å². The third kappa shape index (κ3) is 2.65. The van der Waals surface area contributed by atoms with Crippen LogP contribution in [0.4, 0.5) is 0 Å². The molecular weight excluding hydrogens is 306 g/mol. The van der Waals surface area contributed by atoms with Gasteiger partial charge in [-0.3, -0.25) is 4.90 Å². The Morgan fingerprint density at radius 2 is 1.96 bits per heavy atom. The molecule has 0 bridgehead atoms. The highest BCUT2D eigenvalue weighted by Crippen LogP contribution is 2.40. The molecule has 0 N–H and O–H groups in total. The van der Waals surface area contributed by atoms with Crippen molar-refractivity contribution < 1.29 is 14.0 Å². The lowest BCUT2D eigenvalue weighted by molar-refractivity contribution is 0.170. The molecule has 2 fully saturated rings. The molecule has 1 atom stereocenters. The second kappa shape index (κ2) is 5.77. The fourth-order valence-corrected chi connectivity index (χ4v) is 3.67. The van der Waals surface area contributed by atoms with Gasteiger partial charge in [-0.05, 0) is 49.9 Å². The molecule has 1 aromatic heterocycles. The Hall–Kier alpha value is -2.08. The van der Waals surface area contributed by atoms with Gasteiger partial charge < -0.3 is 14.0 Å². The molecule has 1 aliphatic carbocycles. The molecule has 126 valence electrons. The van der Waals surface area contributed by atoms with E-state index in [0.717, 1.165) is 42.7 Å². The number of hydrogen-bond donors (Lipinski definition) is 0. The quantitative estimate of drug-likeness (QED) is 0.860. The summed E-state index contributed by atoms with van der Waals surface area (Å²) in [5.41, 5.74) is 1.28. The number of likely N-dealkylation sites (tertiary alicyclic amines) is 1. The van der Waals surface area contributed by atoms with Gasteiger partial charge in [0.25, 0.3) is 0 Å². The fourth-order valence-electron chi connectivity index (χ4n) is 3.67. The highest BCUT2D eigenvalue weighted by atomic mass is 16.6. The van der Waals surface area contributed by atoms with Crippen LogP contribution in [-0.4, -0.2) is 34.8 Å². The predicted molar refractivity (Wildman–Crippen MR) is 86.1 cm³/mol.